The lowest BCUT2D eigenvalue weighted by Crippen LogP contribution is -2.36. The highest BCUT2D eigenvalue weighted by Gasteiger charge is 2.19. The highest BCUT2D eigenvalue weighted by molar-refractivity contribution is 6.32. The summed E-state index contributed by atoms with van der Waals surface area (Å²) in [5, 5.41) is 9.47. The third kappa shape index (κ3) is 3.23. The molecule has 2 rings (SSSR count). The number of morpholine rings is 1. The van der Waals surface area contributed by atoms with Crippen LogP contribution in [-0.4, -0.2) is 43.4 Å². The van der Waals surface area contributed by atoms with E-state index in [0.717, 1.165) is 29.9 Å². The third-order valence-electron chi connectivity index (χ3n) is 3.55. The lowest BCUT2D eigenvalue weighted by Gasteiger charge is -2.30. The number of halogens is 1. The second-order valence-electron chi connectivity index (χ2n) is 4.93. The van der Waals surface area contributed by atoms with Crippen LogP contribution in [0.4, 0.5) is 5.69 Å². The Morgan fingerprint density at radius 3 is 2.75 bits per heavy atom. The van der Waals surface area contributed by atoms with E-state index < -0.39 is 12.0 Å². The molecule has 1 atom stereocenters. The molecule has 0 aromatic heterocycles. The van der Waals surface area contributed by atoms with Crippen molar-refractivity contribution < 1.29 is 14.6 Å². The van der Waals surface area contributed by atoms with E-state index in [1.807, 2.05) is 19.1 Å². The lowest BCUT2D eigenvalue weighted by molar-refractivity contribution is -0.138. The van der Waals surface area contributed by atoms with Gasteiger partial charge in [0, 0.05) is 23.8 Å². The second-order valence-corrected chi connectivity index (χ2v) is 5.31. The molecule has 1 saturated heterocycles. The van der Waals surface area contributed by atoms with Crippen molar-refractivity contribution in [3.63, 3.8) is 0 Å². The summed E-state index contributed by atoms with van der Waals surface area (Å²) in [4.78, 5) is 13.1. The lowest BCUT2D eigenvalue weighted by atomic mass is 10.0. The van der Waals surface area contributed by atoms with E-state index in [4.69, 9.17) is 27.2 Å². The normalized spacial score (nSPS) is 17.1. The summed E-state index contributed by atoms with van der Waals surface area (Å²) in [5.74, 6) is -1.02. The van der Waals surface area contributed by atoms with E-state index in [2.05, 4.69) is 4.90 Å². The molecular formula is C14H19ClN2O3. The first-order valence-corrected chi connectivity index (χ1v) is 6.97. The molecule has 0 spiro atoms. The maximum absolute atomic E-state index is 10.8. The number of aliphatic carboxylic acids is 1. The first kappa shape index (κ1) is 15.1. The predicted octanol–water partition coefficient (Wildman–Crippen LogP) is 1.44. The fraction of sp³-hybridized carbons (Fsp3) is 0.500. The average molecular weight is 299 g/mol. The standard InChI is InChI=1S/C14H19ClN2O3/c1-9-12(17-4-6-20-7-5-17)3-2-10(13(9)15)8-11(16)14(18)19/h2-3,11H,4-8,16H2,1H3,(H,18,19). The van der Waals surface area contributed by atoms with Gasteiger partial charge in [0.25, 0.3) is 0 Å². The van der Waals surface area contributed by atoms with Gasteiger partial charge in [-0.1, -0.05) is 17.7 Å². The van der Waals surface area contributed by atoms with Gasteiger partial charge in [-0.2, -0.15) is 0 Å². The SMILES string of the molecule is Cc1c(N2CCOCC2)ccc(CC(N)C(=O)O)c1Cl. The number of ether oxygens (including phenoxy) is 1. The molecule has 1 aliphatic heterocycles. The molecule has 5 nitrogen and oxygen atoms in total. The number of rotatable bonds is 4. The zero-order chi connectivity index (χ0) is 14.7. The maximum atomic E-state index is 10.8. The Morgan fingerprint density at radius 1 is 1.50 bits per heavy atom. The Labute approximate surface area is 123 Å². The molecule has 6 heteroatoms. The third-order valence-corrected chi connectivity index (χ3v) is 4.07. The van der Waals surface area contributed by atoms with Gasteiger partial charge in [0.1, 0.15) is 6.04 Å². The number of nitrogens with zero attached hydrogens (tertiary/aromatic N) is 1. The number of hydrogen-bond donors (Lipinski definition) is 2. The van der Waals surface area contributed by atoms with Crippen LogP contribution in [0.15, 0.2) is 12.1 Å². The molecule has 3 N–H and O–H groups in total. The first-order chi connectivity index (χ1) is 9.50. The summed E-state index contributed by atoms with van der Waals surface area (Å²) < 4.78 is 5.34. The van der Waals surface area contributed by atoms with Crippen molar-refractivity contribution in [2.75, 3.05) is 31.2 Å². The van der Waals surface area contributed by atoms with Crippen LogP contribution in [-0.2, 0) is 16.0 Å². The molecule has 0 aliphatic carbocycles. The van der Waals surface area contributed by atoms with Crippen LogP contribution in [0.2, 0.25) is 5.02 Å². The maximum Gasteiger partial charge on any atom is 0.320 e. The fourth-order valence-electron chi connectivity index (χ4n) is 2.36. The van der Waals surface area contributed by atoms with Gasteiger partial charge in [-0.05, 0) is 30.5 Å². The van der Waals surface area contributed by atoms with Crippen LogP contribution in [0.5, 0.6) is 0 Å². The van der Waals surface area contributed by atoms with E-state index >= 15 is 0 Å². The van der Waals surface area contributed by atoms with E-state index in [1.165, 1.54) is 0 Å². The minimum atomic E-state index is -1.02. The molecule has 20 heavy (non-hydrogen) atoms. The zero-order valence-corrected chi connectivity index (χ0v) is 12.2. The van der Waals surface area contributed by atoms with Crippen molar-refractivity contribution in [2.24, 2.45) is 5.73 Å². The van der Waals surface area contributed by atoms with Gasteiger partial charge < -0.3 is 20.5 Å². The molecule has 110 valence electrons. The summed E-state index contributed by atoms with van der Waals surface area (Å²) in [5.41, 5.74) is 8.37. The van der Waals surface area contributed by atoms with Gasteiger partial charge in [-0.15, -0.1) is 0 Å². The monoisotopic (exact) mass is 298 g/mol. The highest BCUT2D eigenvalue weighted by Crippen LogP contribution is 2.31. The van der Waals surface area contributed by atoms with Gasteiger partial charge >= 0.3 is 5.97 Å². The van der Waals surface area contributed by atoms with Crippen LogP contribution in [0, 0.1) is 6.92 Å². The van der Waals surface area contributed by atoms with E-state index in [1.54, 1.807) is 0 Å². The number of carboxylic acid groups (broad SMARTS) is 1. The molecule has 0 radical (unpaired) electrons. The second kappa shape index (κ2) is 6.43. The Bertz CT molecular complexity index is 501. The van der Waals surface area contributed by atoms with Crippen molar-refractivity contribution in [1.29, 1.82) is 0 Å². The molecule has 0 bridgehead atoms. The minimum absolute atomic E-state index is 0.235. The average Bonchev–Trinajstić information content (AvgIpc) is 2.45. The molecule has 0 saturated carbocycles. The zero-order valence-electron chi connectivity index (χ0n) is 11.4. The Hall–Kier alpha value is -1.30. The highest BCUT2D eigenvalue weighted by atomic mass is 35.5. The molecule has 1 heterocycles. The van der Waals surface area contributed by atoms with Crippen molar-refractivity contribution in [1.82, 2.24) is 0 Å². The number of carboxylic acids is 1. The summed E-state index contributed by atoms with van der Waals surface area (Å²) >= 11 is 6.36. The van der Waals surface area contributed by atoms with Crippen molar-refractivity contribution in [3.05, 3.63) is 28.3 Å². The van der Waals surface area contributed by atoms with E-state index in [-0.39, 0.29) is 6.42 Å². The molecule has 1 aromatic rings. The van der Waals surface area contributed by atoms with Crippen LogP contribution in [0.25, 0.3) is 0 Å². The molecule has 0 amide bonds. The Balaban J connectivity index is 2.22. The first-order valence-electron chi connectivity index (χ1n) is 6.59. The van der Waals surface area contributed by atoms with Crippen molar-refractivity contribution in [3.8, 4) is 0 Å². The van der Waals surface area contributed by atoms with Crippen LogP contribution in [0.3, 0.4) is 0 Å². The summed E-state index contributed by atoms with van der Waals surface area (Å²) in [6, 6.07) is 2.92. The predicted molar refractivity (Wildman–Crippen MR) is 78.5 cm³/mol. The number of nitrogens with two attached hydrogens (primary N) is 1. The van der Waals surface area contributed by atoms with E-state index in [0.29, 0.717) is 18.2 Å². The molecule has 1 fully saturated rings. The van der Waals surface area contributed by atoms with Gasteiger partial charge in [0.2, 0.25) is 0 Å². The van der Waals surface area contributed by atoms with Gasteiger partial charge in [-0.25, -0.2) is 0 Å². The summed E-state index contributed by atoms with van der Waals surface area (Å²) in [6.45, 7) is 5.05. The molecule has 1 unspecified atom stereocenters. The number of benzene rings is 1. The quantitative estimate of drug-likeness (QED) is 0.880. The number of anilines is 1. The minimum Gasteiger partial charge on any atom is -0.480 e. The van der Waals surface area contributed by atoms with Crippen LogP contribution < -0.4 is 10.6 Å². The topological polar surface area (TPSA) is 75.8 Å². The Kier molecular flexibility index (Phi) is 4.86. The van der Waals surface area contributed by atoms with Crippen molar-refractivity contribution >= 4 is 23.3 Å². The van der Waals surface area contributed by atoms with Gasteiger partial charge in [0.05, 0.1) is 13.2 Å². The Morgan fingerprint density at radius 2 is 2.15 bits per heavy atom. The largest absolute Gasteiger partial charge is 0.480 e. The van der Waals surface area contributed by atoms with Crippen LogP contribution >= 0.6 is 11.6 Å². The summed E-state index contributed by atoms with van der Waals surface area (Å²) in [6.07, 6.45) is 0.235. The van der Waals surface area contributed by atoms with Crippen molar-refractivity contribution in [2.45, 2.75) is 19.4 Å². The number of carbonyl (C=O) groups is 1. The molecule has 1 aliphatic rings. The van der Waals surface area contributed by atoms with Crippen LogP contribution in [0.1, 0.15) is 11.1 Å². The smallest absolute Gasteiger partial charge is 0.320 e. The summed E-state index contributed by atoms with van der Waals surface area (Å²) in [7, 11) is 0. The molecular weight excluding hydrogens is 280 g/mol. The molecule has 1 aromatic carbocycles. The van der Waals surface area contributed by atoms with Gasteiger partial charge in [-0.3, -0.25) is 4.79 Å². The number of hydrogen-bond acceptors (Lipinski definition) is 4. The fourth-order valence-corrected chi connectivity index (χ4v) is 2.60. The van der Waals surface area contributed by atoms with Gasteiger partial charge in [0.15, 0.2) is 0 Å². The van der Waals surface area contributed by atoms with E-state index in [9.17, 15) is 4.79 Å².